The summed E-state index contributed by atoms with van der Waals surface area (Å²) in [5.41, 5.74) is 1.39. The minimum atomic E-state index is -0.0301. The SMILES string of the molecule is CC(C)c1nccn1Cc1cc(C(=O)N(C)CC2CCCN2C)n[nH]1. The highest BCUT2D eigenvalue weighted by molar-refractivity contribution is 5.92. The molecule has 0 aliphatic carbocycles. The number of hydrogen-bond donors (Lipinski definition) is 1. The number of rotatable bonds is 6. The van der Waals surface area contributed by atoms with E-state index in [1.54, 1.807) is 4.90 Å². The summed E-state index contributed by atoms with van der Waals surface area (Å²) in [4.78, 5) is 21.1. The molecule has 0 aromatic carbocycles. The van der Waals surface area contributed by atoms with Crippen molar-refractivity contribution in [3.8, 4) is 0 Å². The van der Waals surface area contributed by atoms with Gasteiger partial charge in [0.2, 0.25) is 0 Å². The maximum absolute atomic E-state index is 12.6. The Morgan fingerprint density at radius 2 is 2.28 bits per heavy atom. The summed E-state index contributed by atoms with van der Waals surface area (Å²) < 4.78 is 2.09. The van der Waals surface area contributed by atoms with E-state index < -0.39 is 0 Å². The monoisotopic (exact) mass is 344 g/mol. The van der Waals surface area contributed by atoms with Gasteiger partial charge in [0.05, 0.1) is 12.2 Å². The van der Waals surface area contributed by atoms with Crippen molar-refractivity contribution >= 4 is 5.91 Å². The number of aromatic nitrogens is 4. The second-order valence-electron chi connectivity index (χ2n) is 7.31. The standard InChI is InChI=1S/C18H28N6O/c1-13(2)17-19-7-9-24(17)11-14-10-16(21-20-14)18(25)23(4)12-15-6-5-8-22(15)3/h7,9-10,13,15H,5-6,8,11-12H2,1-4H3,(H,20,21). The maximum Gasteiger partial charge on any atom is 0.274 e. The van der Waals surface area contributed by atoms with Gasteiger partial charge in [-0.15, -0.1) is 0 Å². The first-order valence-corrected chi connectivity index (χ1v) is 8.96. The van der Waals surface area contributed by atoms with Crippen LogP contribution in [0.15, 0.2) is 18.5 Å². The quantitative estimate of drug-likeness (QED) is 0.869. The van der Waals surface area contributed by atoms with E-state index in [1.807, 2.05) is 25.5 Å². The highest BCUT2D eigenvalue weighted by Gasteiger charge is 2.25. The molecule has 7 heteroatoms. The molecule has 1 amide bonds. The third-order valence-electron chi connectivity index (χ3n) is 4.96. The molecule has 7 nitrogen and oxygen atoms in total. The third kappa shape index (κ3) is 3.92. The van der Waals surface area contributed by atoms with Crippen LogP contribution in [-0.2, 0) is 6.54 Å². The number of carbonyl (C=O) groups is 1. The summed E-state index contributed by atoms with van der Waals surface area (Å²) in [6.45, 7) is 6.74. The van der Waals surface area contributed by atoms with Crippen molar-refractivity contribution in [2.24, 2.45) is 0 Å². The molecule has 3 rings (SSSR count). The fourth-order valence-electron chi connectivity index (χ4n) is 3.50. The van der Waals surface area contributed by atoms with Crippen LogP contribution in [0.3, 0.4) is 0 Å². The van der Waals surface area contributed by atoms with Crippen LogP contribution in [0.5, 0.6) is 0 Å². The highest BCUT2D eigenvalue weighted by Crippen LogP contribution is 2.17. The molecule has 136 valence electrons. The number of carbonyl (C=O) groups excluding carboxylic acids is 1. The predicted molar refractivity (Wildman–Crippen MR) is 96.6 cm³/mol. The van der Waals surface area contributed by atoms with Crippen LogP contribution >= 0.6 is 0 Å². The molecule has 1 fully saturated rings. The van der Waals surface area contributed by atoms with Crippen LogP contribution in [0.25, 0.3) is 0 Å². The third-order valence-corrected chi connectivity index (χ3v) is 4.96. The minimum absolute atomic E-state index is 0.0301. The summed E-state index contributed by atoms with van der Waals surface area (Å²) in [5.74, 6) is 1.36. The van der Waals surface area contributed by atoms with E-state index in [0.29, 0.717) is 24.2 Å². The molecule has 1 unspecified atom stereocenters. The first-order chi connectivity index (χ1) is 12.0. The van der Waals surface area contributed by atoms with E-state index in [-0.39, 0.29) is 5.91 Å². The van der Waals surface area contributed by atoms with Crippen LogP contribution in [0.1, 0.15) is 54.6 Å². The first-order valence-electron chi connectivity index (χ1n) is 8.96. The fraction of sp³-hybridized carbons (Fsp3) is 0.611. The number of hydrogen-bond acceptors (Lipinski definition) is 4. The first kappa shape index (κ1) is 17.7. The van der Waals surface area contributed by atoms with Gasteiger partial charge in [0.1, 0.15) is 11.5 Å². The largest absolute Gasteiger partial charge is 0.339 e. The fourth-order valence-corrected chi connectivity index (χ4v) is 3.50. The molecule has 0 saturated carbocycles. The highest BCUT2D eigenvalue weighted by atomic mass is 16.2. The Labute approximate surface area is 149 Å². The summed E-state index contributed by atoms with van der Waals surface area (Å²) in [6.07, 6.45) is 6.13. The lowest BCUT2D eigenvalue weighted by Gasteiger charge is -2.25. The number of likely N-dealkylation sites (tertiary alicyclic amines) is 1. The van der Waals surface area contributed by atoms with E-state index in [1.165, 1.54) is 6.42 Å². The summed E-state index contributed by atoms with van der Waals surface area (Å²) in [6, 6.07) is 2.30. The predicted octanol–water partition coefficient (Wildman–Crippen LogP) is 1.94. The maximum atomic E-state index is 12.6. The van der Waals surface area contributed by atoms with Gasteiger partial charge < -0.3 is 14.4 Å². The van der Waals surface area contributed by atoms with Gasteiger partial charge in [-0.1, -0.05) is 13.8 Å². The molecule has 1 aliphatic heterocycles. The number of likely N-dealkylation sites (N-methyl/N-ethyl adjacent to an activating group) is 2. The second-order valence-corrected chi connectivity index (χ2v) is 7.31. The van der Waals surface area contributed by atoms with Gasteiger partial charge in [-0.3, -0.25) is 9.89 Å². The van der Waals surface area contributed by atoms with Crippen molar-refractivity contribution in [2.45, 2.75) is 45.2 Å². The van der Waals surface area contributed by atoms with Gasteiger partial charge in [0.15, 0.2) is 0 Å². The molecular formula is C18H28N6O. The summed E-state index contributed by atoms with van der Waals surface area (Å²) >= 11 is 0. The van der Waals surface area contributed by atoms with E-state index in [2.05, 4.69) is 45.5 Å². The Kier molecular flexibility index (Phi) is 5.22. The van der Waals surface area contributed by atoms with E-state index in [0.717, 1.165) is 31.0 Å². The van der Waals surface area contributed by atoms with Gasteiger partial charge >= 0.3 is 0 Å². The molecule has 0 bridgehead atoms. The number of nitrogens with zero attached hydrogens (tertiary/aromatic N) is 5. The zero-order valence-electron chi connectivity index (χ0n) is 15.6. The zero-order valence-corrected chi connectivity index (χ0v) is 15.6. The molecule has 25 heavy (non-hydrogen) atoms. The molecule has 2 aromatic heterocycles. The molecule has 1 aliphatic rings. The Hall–Kier alpha value is -2.15. The topological polar surface area (TPSA) is 70.1 Å². The van der Waals surface area contributed by atoms with Crippen LogP contribution in [0, 0.1) is 0 Å². The number of aromatic amines is 1. The minimum Gasteiger partial charge on any atom is -0.339 e. The Balaban J connectivity index is 1.64. The smallest absolute Gasteiger partial charge is 0.274 e. The molecule has 2 aromatic rings. The number of amides is 1. The van der Waals surface area contributed by atoms with Crippen LogP contribution in [0.2, 0.25) is 0 Å². The van der Waals surface area contributed by atoms with Crippen molar-refractivity contribution in [1.29, 1.82) is 0 Å². The molecule has 1 saturated heterocycles. The van der Waals surface area contributed by atoms with Crippen LogP contribution in [0.4, 0.5) is 0 Å². The van der Waals surface area contributed by atoms with Crippen molar-refractivity contribution in [1.82, 2.24) is 29.5 Å². The Morgan fingerprint density at radius 3 is 2.96 bits per heavy atom. The van der Waals surface area contributed by atoms with Crippen molar-refractivity contribution in [3.05, 3.63) is 35.7 Å². The van der Waals surface area contributed by atoms with Gasteiger partial charge in [0.25, 0.3) is 5.91 Å². The van der Waals surface area contributed by atoms with Crippen molar-refractivity contribution in [3.63, 3.8) is 0 Å². The van der Waals surface area contributed by atoms with E-state index >= 15 is 0 Å². The molecule has 0 radical (unpaired) electrons. The lowest BCUT2D eigenvalue weighted by molar-refractivity contribution is 0.0755. The molecular weight excluding hydrogens is 316 g/mol. The average Bonchev–Trinajstić information content (AvgIpc) is 3.29. The van der Waals surface area contributed by atoms with Crippen LogP contribution in [-0.4, -0.2) is 68.7 Å². The molecule has 1 atom stereocenters. The van der Waals surface area contributed by atoms with Gasteiger partial charge in [-0.25, -0.2) is 4.98 Å². The van der Waals surface area contributed by atoms with Gasteiger partial charge in [0, 0.05) is 37.9 Å². The van der Waals surface area contributed by atoms with Crippen molar-refractivity contribution < 1.29 is 4.79 Å². The van der Waals surface area contributed by atoms with Gasteiger partial charge in [-0.2, -0.15) is 5.10 Å². The van der Waals surface area contributed by atoms with Crippen LogP contribution < -0.4 is 0 Å². The number of H-pyrrole nitrogens is 1. The average molecular weight is 344 g/mol. The molecule has 3 heterocycles. The number of nitrogens with one attached hydrogen (secondary N) is 1. The normalized spacial score (nSPS) is 18.2. The van der Waals surface area contributed by atoms with E-state index in [4.69, 9.17) is 0 Å². The van der Waals surface area contributed by atoms with Crippen molar-refractivity contribution in [2.75, 3.05) is 27.2 Å². The lowest BCUT2D eigenvalue weighted by atomic mass is 10.2. The Morgan fingerprint density at radius 1 is 1.48 bits per heavy atom. The second kappa shape index (κ2) is 7.39. The number of imidazole rings is 1. The van der Waals surface area contributed by atoms with E-state index in [9.17, 15) is 4.79 Å². The molecule has 1 N–H and O–H groups in total. The Bertz CT molecular complexity index is 719. The zero-order chi connectivity index (χ0) is 18.0. The van der Waals surface area contributed by atoms with Gasteiger partial charge in [-0.05, 0) is 32.5 Å². The summed E-state index contributed by atoms with van der Waals surface area (Å²) in [7, 11) is 3.98. The molecule has 0 spiro atoms. The summed E-state index contributed by atoms with van der Waals surface area (Å²) in [5, 5.41) is 7.21. The lowest BCUT2D eigenvalue weighted by Crippen LogP contribution is -2.39.